The fourth-order valence-corrected chi connectivity index (χ4v) is 4.72. The second-order valence-corrected chi connectivity index (χ2v) is 9.85. The molecule has 2 heterocycles. The Bertz CT molecular complexity index is 1090. The van der Waals surface area contributed by atoms with E-state index in [0.717, 1.165) is 31.7 Å². The van der Waals surface area contributed by atoms with Crippen LogP contribution < -0.4 is 9.47 Å². The summed E-state index contributed by atoms with van der Waals surface area (Å²) in [5.41, 5.74) is -0.128. The molecule has 2 aromatic rings. The van der Waals surface area contributed by atoms with Gasteiger partial charge in [0.25, 0.3) is 6.01 Å². The number of Topliss-reactive ketones (excluding diaryl/α,β-unsaturated/α-hetero) is 1. The first-order valence-electron chi connectivity index (χ1n) is 12.2. The maximum Gasteiger partial charge on any atom is 0.297 e. The molecule has 1 saturated heterocycles. The molecule has 35 heavy (non-hydrogen) atoms. The van der Waals surface area contributed by atoms with Gasteiger partial charge in [-0.05, 0) is 38.5 Å². The van der Waals surface area contributed by atoms with Crippen LogP contribution in [0.2, 0.25) is 0 Å². The fourth-order valence-electron chi connectivity index (χ4n) is 4.72. The number of hydrogen-bond acceptors (Lipinski definition) is 6. The number of aromatic nitrogens is 2. The second-order valence-electron chi connectivity index (χ2n) is 9.85. The smallest absolute Gasteiger partial charge is 0.297 e. The number of halogens is 2. The lowest BCUT2D eigenvalue weighted by molar-refractivity contribution is -0.137. The number of likely N-dealkylation sites (tertiary alicyclic amines) is 1. The number of imidazole rings is 1. The average molecular weight is 494 g/mol. The van der Waals surface area contributed by atoms with Crippen molar-refractivity contribution in [1.29, 1.82) is 0 Å². The van der Waals surface area contributed by atoms with Gasteiger partial charge < -0.3 is 23.9 Å². The number of carbonyl (C=O) groups excluding carboxylic acids is 2. The zero-order chi connectivity index (χ0) is 25.3. The Morgan fingerprint density at radius 2 is 1.74 bits per heavy atom. The summed E-state index contributed by atoms with van der Waals surface area (Å²) in [5, 5.41) is 0. The Hall–Kier alpha value is -2.75. The highest BCUT2D eigenvalue weighted by Crippen LogP contribution is 2.34. The summed E-state index contributed by atoms with van der Waals surface area (Å²) in [6.07, 6.45) is 3.21. The lowest BCUT2D eigenvalue weighted by Crippen LogP contribution is -2.55. The summed E-state index contributed by atoms with van der Waals surface area (Å²) >= 11 is 0. The highest BCUT2D eigenvalue weighted by molar-refractivity contribution is 5.80. The third-order valence-electron chi connectivity index (χ3n) is 6.70. The van der Waals surface area contributed by atoms with E-state index in [-0.39, 0.29) is 58.7 Å². The first kappa shape index (κ1) is 25.3. The molecule has 1 saturated carbocycles. The molecule has 0 spiro atoms. The SMILES string of the molecule is CC(=O)C[C@@H](C)COC1CCC(Oc2nc3c(F)cc(OC4CN(C(C)=O)C4)c(F)c3n2C)CC1. The van der Waals surface area contributed by atoms with Crippen molar-refractivity contribution in [3.05, 3.63) is 17.7 Å². The topological polar surface area (TPSA) is 82.9 Å². The van der Waals surface area contributed by atoms with Gasteiger partial charge in [-0.3, -0.25) is 9.36 Å². The van der Waals surface area contributed by atoms with E-state index in [1.807, 2.05) is 6.92 Å². The van der Waals surface area contributed by atoms with Gasteiger partial charge in [0.15, 0.2) is 17.4 Å². The van der Waals surface area contributed by atoms with Gasteiger partial charge in [0, 0.05) is 33.1 Å². The molecule has 0 bridgehead atoms. The highest BCUT2D eigenvalue weighted by Gasteiger charge is 2.32. The first-order chi connectivity index (χ1) is 16.6. The van der Waals surface area contributed by atoms with Crippen LogP contribution in [0, 0.1) is 17.6 Å². The van der Waals surface area contributed by atoms with Crippen molar-refractivity contribution in [3.63, 3.8) is 0 Å². The Kier molecular flexibility index (Phi) is 7.59. The molecule has 4 rings (SSSR count). The molecule has 192 valence electrons. The molecule has 10 heteroatoms. The van der Waals surface area contributed by atoms with E-state index in [1.165, 1.54) is 11.5 Å². The largest absolute Gasteiger partial charge is 0.483 e. The molecule has 0 unspecified atom stereocenters. The molecule has 1 atom stereocenters. The first-order valence-corrected chi connectivity index (χ1v) is 12.2. The van der Waals surface area contributed by atoms with E-state index in [9.17, 15) is 14.0 Å². The minimum Gasteiger partial charge on any atom is -0.483 e. The van der Waals surface area contributed by atoms with Crippen molar-refractivity contribution in [3.8, 4) is 11.8 Å². The van der Waals surface area contributed by atoms with Crippen molar-refractivity contribution >= 4 is 22.7 Å². The Morgan fingerprint density at radius 3 is 2.37 bits per heavy atom. The third-order valence-corrected chi connectivity index (χ3v) is 6.70. The van der Waals surface area contributed by atoms with E-state index in [1.54, 1.807) is 18.9 Å². The van der Waals surface area contributed by atoms with Crippen LogP contribution in [-0.2, 0) is 21.4 Å². The number of amides is 1. The number of nitrogens with zero attached hydrogens (tertiary/aromatic N) is 3. The minimum absolute atomic E-state index is 0.0192. The van der Waals surface area contributed by atoms with Crippen LogP contribution in [0.25, 0.3) is 11.0 Å². The maximum absolute atomic E-state index is 15.2. The molecule has 1 aliphatic heterocycles. The zero-order valence-corrected chi connectivity index (χ0v) is 20.7. The second kappa shape index (κ2) is 10.5. The van der Waals surface area contributed by atoms with Gasteiger partial charge in [0.2, 0.25) is 5.91 Å². The van der Waals surface area contributed by atoms with Crippen molar-refractivity contribution < 1.29 is 32.6 Å². The van der Waals surface area contributed by atoms with Gasteiger partial charge in [-0.15, -0.1) is 0 Å². The monoisotopic (exact) mass is 493 g/mol. The number of fused-ring (bicyclic) bond motifs is 1. The van der Waals surface area contributed by atoms with Crippen LogP contribution in [0.15, 0.2) is 6.07 Å². The number of ether oxygens (including phenoxy) is 3. The molecule has 8 nitrogen and oxygen atoms in total. The summed E-state index contributed by atoms with van der Waals surface area (Å²) in [6, 6.07) is 1.15. The van der Waals surface area contributed by atoms with E-state index in [2.05, 4.69) is 4.98 Å². The molecular weight excluding hydrogens is 460 g/mol. The van der Waals surface area contributed by atoms with Gasteiger partial charge in [-0.2, -0.15) is 4.98 Å². The molecular formula is C25H33F2N3O5. The molecule has 1 aliphatic carbocycles. The molecule has 0 radical (unpaired) electrons. The summed E-state index contributed by atoms with van der Waals surface area (Å²) < 4.78 is 49.0. The van der Waals surface area contributed by atoms with E-state index in [4.69, 9.17) is 14.2 Å². The van der Waals surface area contributed by atoms with Crippen LogP contribution >= 0.6 is 0 Å². The number of carbonyl (C=O) groups is 2. The van der Waals surface area contributed by atoms with E-state index in [0.29, 0.717) is 26.1 Å². The molecule has 2 aliphatic rings. The summed E-state index contributed by atoms with van der Waals surface area (Å²) in [7, 11) is 1.59. The van der Waals surface area contributed by atoms with Crippen molar-refractivity contribution in [1.82, 2.24) is 14.5 Å². The predicted octanol–water partition coefficient (Wildman–Crippen LogP) is 3.78. The van der Waals surface area contributed by atoms with Crippen LogP contribution in [0.3, 0.4) is 0 Å². The molecule has 0 N–H and O–H groups in total. The molecule has 2 fully saturated rings. The number of aryl methyl sites for hydroxylation is 1. The average Bonchev–Trinajstić information content (AvgIpc) is 3.09. The quantitative estimate of drug-likeness (QED) is 0.529. The van der Waals surface area contributed by atoms with Gasteiger partial charge in [-0.1, -0.05) is 6.92 Å². The van der Waals surface area contributed by atoms with Crippen molar-refractivity contribution in [2.75, 3.05) is 19.7 Å². The van der Waals surface area contributed by atoms with E-state index < -0.39 is 11.6 Å². The highest BCUT2D eigenvalue weighted by atomic mass is 19.1. The van der Waals surface area contributed by atoms with Gasteiger partial charge in [-0.25, -0.2) is 8.78 Å². The van der Waals surface area contributed by atoms with Crippen LogP contribution in [0.1, 0.15) is 52.9 Å². The standard InChI is InChI=1S/C25H33F2N3O5/c1-14(9-15(2)31)13-33-17-5-7-18(8-6-17)35-25-28-23-20(26)10-21(22(27)24(23)29(25)4)34-19-11-30(12-19)16(3)32/h10,14,17-19H,5-9,11-13H2,1-4H3/t14-,17?,18?/m1/s1. The summed E-state index contributed by atoms with van der Waals surface area (Å²) in [5.74, 6) is -1.32. The van der Waals surface area contributed by atoms with Gasteiger partial charge >= 0.3 is 0 Å². The number of ketones is 1. The van der Waals surface area contributed by atoms with Gasteiger partial charge in [0.05, 0.1) is 19.2 Å². The zero-order valence-electron chi connectivity index (χ0n) is 20.7. The van der Waals surface area contributed by atoms with E-state index >= 15 is 4.39 Å². The van der Waals surface area contributed by atoms with Crippen molar-refractivity contribution in [2.24, 2.45) is 13.0 Å². The normalized spacial score (nSPS) is 21.6. The van der Waals surface area contributed by atoms with Crippen molar-refractivity contribution in [2.45, 2.75) is 71.2 Å². The third kappa shape index (κ3) is 5.74. The van der Waals surface area contributed by atoms with Crippen LogP contribution in [0.5, 0.6) is 11.8 Å². The lowest BCUT2D eigenvalue weighted by atomic mass is 9.95. The lowest BCUT2D eigenvalue weighted by Gasteiger charge is -2.38. The number of rotatable bonds is 9. The molecule has 1 amide bonds. The van der Waals surface area contributed by atoms with Crippen LogP contribution in [0.4, 0.5) is 8.78 Å². The Morgan fingerprint density at radius 1 is 1.09 bits per heavy atom. The molecule has 1 aromatic heterocycles. The predicted molar refractivity (Wildman–Crippen MR) is 124 cm³/mol. The van der Waals surface area contributed by atoms with Gasteiger partial charge in [0.1, 0.15) is 29.0 Å². The minimum atomic E-state index is -0.704. The van der Waals surface area contributed by atoms with Crippen LogP contribution in [-0.4, -0.2) is 64.1 Å². The summed E-state index contributed by atoms with van der Waals surface area (Å²) in [4.78, 5) is 28.3. The maximum atomic E-state index is 15.2. The molecule has 1 aromatic carbocycles. The Balaban J connectivity index is 1.37. The summed E-state index contributed by atoms with van der Waals surface area (Å²) in [6.45, 7) is 6.28. The fraction of sp³-hybridized carbons (Fsp3) is 0.640. The Labute approximate surface area is 203 Å². The number of benzene rings is 1. The number of hydrogen-bond donors (Lipinski definition) is 0.